The van der Waals surface area contributed by atoms with Crippen LogP contribution in [0.15, 0.2) is 35.9 Å². The molecule has 1 aromatic rings. The van der Waals surface area contributed by atoms with Gasteiger partial charge in [0.2, 0.25) is 0 Å². The molecule has 2 nitrogen and oxygen atoms in total. The molecule has 1 heterocycles. The fourth-order valence-corrected chi connectivity index (χ4v) is 2.27. The normalized spacial score (nSPS) is 21.1. The van der Waals surface area contributed by atoms with E-state index in [2.05, 4.69) is 37.3 Å². The third-order valence-corrected chi connectivity index (χ3v) is 3.36. The maximum absolute atomic E-state index is 5.75. The van der Waals surface area contributed by atoms with Crippen molar-refractivity contribution in [1.82, 2.24) is 0 Å². The fourth-order valence-electron chi connectivity index (χ4n) is 2.27. The van der Waals surface area contributed by atoms with Crippen LogP contribution in [0.1, 0.15) is 44.6 Å². The summed E-state index contributed by atoms with van der Waals surface area (Å²) in [6.07, 6.45) is 8.05. The second-order valence-corrected chi connectivity index (χ2v) is 5.09. The van der Waals surface area contributed by atoms with Gasteiger partial charge in [-0.05, 0) is 17.6 Å². The van der Waals surface area contributed by atoms with Crippen molar-refractivity contribution >= 4 is 6.08 Å². The predicted molar refractivity (Wildman–Crippen MR) is 78.9 cm³/mol. The molecule has 1 saturated heterocycles. The van der Waals surface area contributed by atoms with Crippen LogP contribution < -0.4 is 0 Å². The zero-order valence-corrected chi connectivity index (χ0v) is 11.8. The molecule has 0 aliphatic carbocycles. The second-order valence-electron chi connectivity index (χ2n) is 5.09. The minimum absolute atomic E-state index is 0.0309. The van der Waals surface area contributed by atoms with E-state index in [1.807, 2.05) is 6.07 Å². The lowest BCUT2D eigenvalue weighted by Crippen LogP contribution is -2.11. The van der Waals surface area contributed by atoms with Gasteiger partial charge in [0.15, 0.2) is 6.29 Å². The topological polar surface area (TPSA) is 18.5 Å². The summed E-state index contributed by atoms with van der Waals surface area (Å²) < 4.78 is 11.4. The van der Waals surface area contributed by atoms with Crippen LogP contribution in [0.25, 0.3) is 6.08 Å². The Bertz CT molecular complexity index is 384. The molecule has 0 amide bonds. The van der Waals surface area contributed by atoms with Crippen LogP contribution in [0.3, 0.4) is 0 Å². The molecule has 1 aromatic carbocycles. The van der Waals surface area contributed by atoms with Gasteiger partial charge in [-0.3, -0.25) is 0 Å². The molecule has 19 heavy (non-hydrogen) atoms. The Morgan fingerprint density at radius 3 is 2.84 bits per heavy atom. The molecule has 0 N–H and O–H groups in total. The number of benzene rings is 1. The summed E-state index contributed by atoms with van der Waals surface area (Å²) in [4.78, 5) is 0. The van der Waals surface area contributed by atoms with Crippen molar-refractivity contribution in [1.29, 1.82) is 0 Å². The van der Waals surface area contributed by atoms with E-state index < -0.39 is 0 Å². The van der Waals surface area contributed by atoms with Crippen LogP contribution in [0.4, 0.5) is 0 Å². The van der Waals surface area contributed by atoms with Crippen LogP contribution in [-0.4, -0.2) is 19.5 Å². The van der Waals surface area contributed by atoms with Crippen molar-refractivity contribution in [3.8, 4) is 0 Å². The van der Waals surface area contributed by atoms with Gasteiger partial charge in [-0.1, -0.05) is 62.6 Å². The standard InChI is InChI=1S/C17H24O2/c1-2-3-4-8-11-18-17-13-16(14-19-17)12-15-9-6-5-7-10-15/h5-7,9-10,12,17H,2-4,8,11,13-14H2,1H3/b16-12-/t17-/m1/s1. The third kappa shape index (κ3) is 5.17. The van der Waals surface area contributed by atoms with Crippen molar-refractivity contribution in [2.24, 2.45) is 0 Å². The van der Waals surface area contributed by atoms with Gasteiger partial charge in [0.25, 0.3) is 0 Å². The lowest BCUT2D eigenvalue weighted by atomic mass is 10.1. The number of ether oxygens (including phenoxy) is 2. The zero-order valence-electron chi connectivity index (χ0n) is 11.8. The first-order chi connectivity index (χ1) is 9.38. The molecule has 2 rings (SSSR count). The van der Waals surface area contributed by atoms with Crippen molar-refractivity contribution < 1.29 is 9.47 Å². The fraction of sp³-hybridized carbons (Fsp3) is 0.529. The van der Waals surface area contributed by atoms with Gasteiger partial charge in [0.1, 0.15) is 0 Å². The highest BCUT2D eigenvalue weighted by atomic mass is 16.7. The molecule has 1 aliphatic heterocycles. The molecule has 2 heteroatoms. The average Bonchev–Trinajstić information content (AvgIpc) is 2.87. The molecule has 1 atom stereocenters. The summed E-state index contributed by atoms with van der Waals surface area (Å²) in [5.41, 5.74) is 2.56. The van der Waals surface area contributed by atoms with Gasteiger partial charge in [0, 0.05) is 13.0 Å². The molecule has 0 unspecified atom stereocenters. The third-order valence-electron chi connectivity index (χ3n) is 3.36. The first kappa shape index (κ1) is 14.3. The Morgan fingerprint density at radius 1 is 1.21 bits per heavy atom. The van der Waals surface area contributed by atoms with E-state index in [9.17, 15) is 0 Å². The quantitative estimate of drug-likeness (QED) is 0.676. The van der Waals surface area contributed by atoms with Gasteiger partial charge < -0.3 is 9.47 Å². The van der Waals surface area contributed by atoms with Gasteiger partial charge >= 0.3 is 0 Å². The summed E-state index contributed by atoms with van der Waals surface area (Å²) in [6, 6.07) is 10.4. The molecule has 0 aromatic heterocycles. The summed E-state index contributed by atoms with van der Waals surface area (Å²) in [5, 5.41) is 0. The molecule has 0 saturated carbocycles. The zero-order chi connectivity index (χ0) is 13.3. The van der Waals surface area contributed by atoms with Gasteiger partial charge in [-0.15, -0.1) is 0 Å². The number of unbranched alkanes of at least 4 members (excludes halogenated alkanes) is 3. The van der Waals surface area contributed by atoms with Crippen molar-refractivity contribution in [2.75, 3.05) is 13.2 Å². The Morgan fingerprint density at radius 2 is 2.05 bits per heavy atom. The highest BCUT2D eigenvalue weighted by Gasteiger charge is 2.20. The smallest absolute Gasteiger partial charge is 0.161 e. The number of hydrogen-bond donors (Lipinski definition) is 0. The number of hydrogen-bond acceptors (Lipinski definition) is 2. The Balaban J connectivity index is 1.70. The molecule has 0 radical (unpaired) electrons. The van der Waals surface area contributed by atoms with Crippen LogP contribution >= 0.6 is 0 Å². The van der Waals surface area contributed by atoms with Gasteiger partial charge in [0.05, 0.1) is 6.61 Å². The second kappa shape index (κ2) is 8.13. The van der Waals surface area contributed by atoms with E-state index in [1.165, 1.54) is 30.4 Å². The summed E-state index contributed by atoms with van der Waals surface area (Å²) in [5.74, 6) is 0. The minimum atomic E-state index is -0.0309. The molecule has 1 fully saturated rings. The SMILES string of the molecule is CCCCCCO[C@H]1C/C(=C/c2ccccc2)CO1. The van der Waals surface area contributed by atoms with E-state index in [4.69, 9.17) is 9.47 Å². The molecule has 0 bridgehead atoms. The molecular formula is C17H24O2. The molecule has 0 spiro atoms. The summed E-state index contributed by atoms with van der Waals surface area (Å²) in [6.45, 7) is 3.75. The van der Waals surface area contributed by atoms with E-state index in [-0.39, 0.29) is 6.29 Å². The van der Waals surface area contributed by atoms with Crippen molar-refractivity contribution in [3.05, 3.63) is 41.5 Å². The Labute approximate surface area is 116 Å². The lowest BCUT2D eigenvalue weighted by Gasteiger charge is -2.09. The monoisotopic (exact) mass is 260 g/mol. The van der Waals surface area contributed by atoms with E-state index >= 15 is 0 Å². The van der Waals surface area contributed by atoms with Gasteiger partial charge in [-0.2, -0.15) is 0 Å². The molecule has 1 aliphatic rings. The average molecular weight is 260 g/mol. The summed E-state index contributed by atoms with van der Waals surface area (Å²) in [7, 11) is 0. The first-order valence-corrected chi connectivity index (χ1v) is 7.36. The minimum Gasteiger partial charge on any atom is -0.352 e. The maximum Gasteiger partial charge on any atom is 0.161 e. The summed E-state index contributed by atoms with van der Waals surface area (Å²) >= 11 is 0. The van der Waals surface area contributed by atoms with E-state index in [1.54, 1.807) is 0 Å². The largest absolute Gasteiger partial charge is 0.352 e. The van der Waals surface area contributed by atoms with E-state index in [0.29, 0.717) is 6.61 Å². The highest BCUT2D eigenvalue weighted by molar-refractivity contribution is 5.53. The van der Waals surface area contributed by atoms with Crippen LogP contribution in [0.5, 0.6) is 0 Å². The Hall–Kier alpha value is -1.12. The highest BCUT2D eigenvalue weighted by Crippen LogP contribution is 2.22. The Kier molecular flexibility index (Phi) is 6.12. The van der Waals surface area contributed by atoms with Gasteiger partial charge in [-0.25, -0.2) is 0 Å². The van der Waals surface area contributed by atoms with Crippen LogP contribution in [0.2, 0.25) is 0 Å². The van der Waals surface area contributed by atoms with Crippen molar-refractivity contribution in [2.45, 2.75) is 45.3 Å². The van der Waals surface area contributed by atoms with Crippen molar-refractivity contribution in [3.63, 3.8) is 0 Å². The number of rotatable bonds is 7. The molecular weight excluding hydrogens is 236 g/mol. The molecule has 104 valence electrons. The van der Waals surface area contributed by atoms with E-state index in [0.717, 1.165) is 19.4 Å². The first-order valence-electron chi connectivity index (χ1n) is 7.36. The lowest BCUT2D eigenvalue weighted by molar-refractivity contribution is -0.111. The van der Waals surface area contributed by atoms with Crippen LogP contribution in [0, 0.1) is 0 Å². The predicted octanol–water partition coefficient (Wildman–Crippen LogP) is 4.41. The maximum atomic E-state index is 5.75. The van der Waals surface area contributed by atoms with Crippen LogP contribution in [-0.2, 0) is 9.47 Å².